The van der Waals surface area contributed by atoms with Gasteiger partial charge in [0.15, 0.2) is 0 Å². The molecule has 0 aliphatic rings. The van der Waals surface area contributed by atoms with Crippen molar-refractivity contribution in [2.75, 3.05) is 6.61 Å². The molecule has 0 aliphatic carbocycles. The summed E-state index contributed by atoms with van der Waals surface area (Å²) in [6, 6.07) is 6.16. The number of Topliss-reactive ketones (excluding diaryl/α,β-unsaturated/α-hetero) is 1. The van der Waals surface area contributed by atoms with Crippen molar-refractivity contribution in [3.05, 3.63) is 35.9 Å². The zero-order chi connectivity index (χ0) is 19.5. The van der Waals surface area contributed by atoms with Gasteiger partial charge in [-0.25, -0.2) is 9.59 Å². The number of aliphatic hydroxyl groups excluding tert-OH is 1. The number of ether oxygens (including phenoxy) is 1. The third kappa shape index (κ3) is 7.75. The molecule has 4 N–H and O–H groups in total. The van der Waals surface area contributed by atoms with Gasteiger partial charge in [-0.2, -0.15) is 0 Å². The molecule has 0 heterocycles. The number of carboxylic acid groups (broad SMARTS) is 1. The molecule has 2 atom stereocenters. The second-order valence-electron chi connectivity index (χ2n) is 5.58. The molecule has 0 aliphatic heterocycles. The number of hydrogen-bond acceptors (Lipinski definition) is 6. The zero-order valence-corrected chi connectivity index (χ0v) is 14.3. The summed E-state index contributed by atoms with van der Waals surface area (Å²) in [4.78, 5) is 45.9. The molecule has 0 aromatic heterocycles. The van der Waals surface area contributed by atoms with E-state index >= 15 is 0 Å². The van der Waals surface area contributed by atoms with Gasteiger partial charge < -0.3 is 30.4 Å². The lowest BCUT2D eigenvalue weighted by Gasteiger charge is -2.19. The molecule has 1 aromatic rings. The van der Waals surface area contributed by atoms with Crippen LogP contribution < -0.4 is 10.6 Å². The SMILES string of the molecule is CC(=O)CC[C@H](NC(=O)[C@H](CO)NC(=O)OCc1ccccc1)C(=O)O. The van der Waals surface area contributed by atoms with E-state index in [4.69, 9.17) is 9.84 Å². The van der Waals surface area contributed by atoms with Crippen LogP contribution in [-0.4, -0.2) is 52.7 Å². The number of alkyl carbamates (subject to hydrolysis) is 1. The van der Waals surface area contributed by atoms with E-state index in [9.17, 15) is 24.3 Å². The quantitative estimate of drug-likeness (QED) is 0.464. The number of amides is 2. The number of carbonyl (C=O) groups is 4. The second-order valence-corrected chi connectivity index (χ2v) is 5.58. The lowest BCUT2D eigenvalue weighted by molar-refractivity contribution is -0.142. The summed E-state index contributed by atoms with van der Waals surface area (Å²) in [5.74, 6) is -2.42. The van der Waals surface area contributed by atoms with Crippen LogP contribution in [0.1, 0.15) is 25.3 Å². The largest absolute Gasteiger partial charge is 0.480 e. The molecule has 0 spiro atoms. The summed E-state index contributed by atoms with van der Waals surface area (Å²) in [6.45, 7) is 0.537. The lowest BCUT2D eigenvalue weighted by Crippen LogP contribution is -2.53. The molecular formula is C17H22N2O7. The molecule has 0 bridgehead atoms. The molecule has 1 aromatic carbocycles. The first kappa shape index (κ1) is 21.1. The molecule has 9 heteroatoms. The molecule has 0 unspecified atom stereocenters. The Hall–Kier alpha value is -2.94. The predicted molar refractivity (Wildman–Crippen MR) is 90.1 cm³/mol. The minimum Gasteiger partial charge on any atom is -0.480 e. The third-order valence-electron chi connectivity index (χ3n) is 3.40. The lowest BCUT2D eigenvalue weighted by atomic mass is 10.1. The maximum absolute atomic E-state index is 12.1. The van der Waals surface area contributed by atoms with E-state index in [1.165, 1.54) is 6.92 Å². The third-order valence-corrected chi connectivity index (χ3v) is 3.40. The number of rotatable bonds is 10. The summed E-state index contributed by atoms with van der Waals surface area (Å²) in [6.07, 6.45) is -1.04. The molecule has 0 saturated carbocycles. The molecule has 1 rings (SSSR count). The van der Waals surface area contributed by atoms with E-state index in [1.807, 2.05) is 0 Å². The highest BCUT2D eigenvalue weighted by molar-refractivity contribution is 5.89. The van der Waals surface area contributed by atoms with Gasteiger partial charge in [-0.15, -0.1) is 0 Å². The molecule has 2 amide bonds. The first-order valence-electron chi connectivity index (χ1n) is 7.94. The average molecular weight is 366 g/mol. The Balaban J connectivity index is 2.54. The van der Waals surface area contributed by atoms with Crippen molar-refractivity contribution in [3.8, 4) is 0 Å². The maximum Gasteiger partial charge on any atom is 0.408 e. The summed E-state index contributed by atoms with van der Waals surface area (Å²) in [7, 11) is 0. The van der Waals surface area contributed by atoms with Crippen molar-refractivity contribution in [2.24, 2.45) is 0 Å². The van der Waals surface area contributed by atoms with Crippen LogP contribution in [0.5, 0.6) is 0 Å². The topological polar surface area (TPSA) is 142 Å². The van der Waals surface area contributed by atoms with Crippen molar-refractivity contribution in [2.45, 2.75) is 38.5 Å². The summed E-state index contributed by atoms with van der Waals surface area (Å²) >= 11 is 0. The zero-order valence-electron chi connectivity index (χ0n) is 14.3. The van der Waals surface area contributed by atoms with Gasteiger partial charge in [0.25, 0.3) is 0 Å². The summed E-state index contributed by atoms with van der Waals surface area (Å²) in [5.41, 5.74) is 0.739. The van der Waals surface area contributed by atoms with Crippen LogP contribution in [0.3, 0.4) is 0 Å². The summed E-state index contributed by atoms with van der Waals surface area (Å²) in [5, 5.41) is 22.7. The molecule has 0 radical (unpaired) electrons. The van der Waals surface area contributed by atoms with Crippen LogP contribution >= 0.6 is 0 Å². The number of ketones is 1. The first-order chi connectivity index (χ1) is 12.3. The maximum atomic E-state index is 12.1. The monoisotopic (exact) mass is 366 g/mol. The number of hydrogen-bond donors (Lipinski definition) is 4. The van der Waals surface area contributed by atoms with Gasteiger partial charge in [-0.1, -0.05) is 30.3 Å². The number of carbonyl (C=O) groups excluding carboxylic acids is 3. The highest BCUT2D eigenvalue weighted by Gasteiger charge is 2.26. The molecule has 0 fully saturated rings. The Morgan fingerprint density at radius 1 is 1.08 bits per heavy atom. The molecule has 142 valence electrons. The average Bonchev–Trinajstić information content (AvgIpc) is 2.61. The summed E-state index contributed by atoms with van der Waals surface area (Å²) < 4.78 is 4.94. The number of carboxylic acids is 1. The van der Waals surface area contributed by atoms with E-state index < -0.39 is 36.7 Å². The highest BCUT2D eigenvalue weighted by Crippen LogP contribution is 2.02. The van der Waals surface area contributed by atoms with Gasteiger partial charge in [0, 0.05) is 6.42 Å². The first-order valence-corrected chi connectivity index (χ1v) is 7.94. The van der Waals surface area contributed by atoms with E-state index in [2.05, 4.69) is 10.6 Å². The Morgan fingerprint density at radius 3 is 2.27 bits per heavy atom. The van der Waals surface area contributed by atoms with E-state index in [1.54, 1.807) is 30.3 Å². The van der Waals surface area contributed by atoms with E-state index in [0.717, 1.165) is 5.56 Å². The van der Waals surface area contributed by atoms with Crippen molar-refractivity contribution in [3.63, 3.8) is 0 Å². The molecule has 0 saturated heterocycles. The van der Waals surface area contributed by atoms with Gasteiger partial charge >= 0.3 is 12.1 Å². The fourth-order valence-electron chi connectivity index (χ4n) is 1.98. The van der Waals surface area contributed by atoms with Crippen molar-refractivity contribution >= 4 is 23.8 Å². The van der Waals surface area contributed by atoms with Gasteiger partial charge in [-0.05, 0) is 18.9 Å². The second kappa shape index (κ2) is 10.8. The van der Waals surface area contributed by atoms with Gasteiger partial charge in [-0.3, -0.25) is 4.79 Å². The Morgan fingerprint density at radius 2 is 1.73 bits per heavy atom. The van der Waals surface area contributed by atoms with Crippen LogP contribution in [0.15, 0.2) is 30.3 Å². The number of aliphatic hydroxyl groups is 1. The van der Waals surface area contributed by atoms with Gasteiger partial charge in [0.05, 0.1) is 6.61 Å². The predicted octanol–water partition coefficient (Wildman–Crippen LogP) is 0.212. The minimum atomic E-state index is -1.38. The number of benzene rings is 1. The molecular weight excluding hydrogens is 344 g/mol. The Labute approximate surface area is 150 Å². The van der Waals surface area contributed by atoms with E-state index in [0.29, 0.717) is 0 Å². The van der Waals surface area contributed by atoms with Crippen LogP contribution in [0, 0.1) is 0 Å². The minimum absolute atomic E-state index is 0.0203. The smallest absolute Gasteiger partial charge is 0.408 e. The van der Waals surface area contributed by atoms with Crippen LogP contribution in [0.4, 0.5) is 4.79 Å². The van der Waals surface area contributed by atoms with Crippen LogP contribution in [0.25, 0.3) is 0 Å². The Kier molecular flexibility index (Phi) is 8.79. The standard InChI is InChI=1S/C17H22N2O7/c1-11(21)7-8-13(16(23)24)18-15(22)14(9-20)19-17(25)26-10-12-5-3-2-4-6-12/h2-6,13-14,20H,7-10H2,1H3,(H,18,22)(H,19,25)(H,23,24)/t13-,14-/m0/s1. The molecule has 26 heavy (non-hydrogen) atoms. The fraction of sp³-hybridized carbons (Fsp3) is 0.412. The number of aliphatic carboxylic acids is 1. The normalized spacial score (nSPS) is 12.5. The van der Waals surface area contributed by atoms with Crippen molar-refractivity contribution < 1.29 is 34.1 Å². The van der Waals surface area contributed by atoms with Crippen molar-refractivity contribution in [1.82, 2.24) is 10.6 Å². The number of nitrogens with one attached hydrogen (secondary N) is 2. The molecule has 9 nitrogen and oxygen atoms in total. The van der Waals surface area contributed by atoms with Gasteiger partial charge in [0.1, 0.15) is 24.5 Å². The van der Waals surface area contributed by atoms with Crippen molar-refractivity contribution in [1.29, 1.82) is 0 Å². The van der Waals surface area contributed by atoms with E-state index in [-0.39, 0.29) is 25.2 Å². The van der Waals surface area contributed by atoms with Crippen LogP contribution in [0.2, 0.25) is 0 Å². The fourth-order valence-corrected chi connectivity index (χ4v) is 1.98. The highest BCUT2D eigenvalue weighted by atomic mass is 16.5. The van der Waals surface area contributed by atoms with Gasteiger partial charge in [0.2, 0.25) is 5.91 Å². The Bertz CT molecular complexity index is 633. The van der Waals surface area contributed by atoms with Crippen LogP contribution in [-0.2, 0) is 25.7 Å².